The van der Waals surface area contributed by atoms with Gasteiger partial charge in [0.2, 0.25) is 5.91 Å². The number of methoxy groups -OCH3 is 1. The first-order valence-electron chi connectivity index (χ1n) is 7.30. The number of hydrogen-bond acceptors (Lipinski definition) is 3. The van der Waals surface area contributed by atoms with Crippen LogP contribution in [0, 0.1) is 0 Å². The third kappa shape index (κ3) is 3.33. The van der Waals surface area contributed by atoms with Crippen molar-refractivity contribution in [1.29, 1.82) is 0 Å². The standard InChI is InChI=1S/C18H15BrN2O3/c1-24-16-4-2-3-15-14(16)9-10-21(18(15)23)11-17(22)20-13-7-5-12(19)6-8-13/h2-10H,11H2,1H3,(H,20,22). The number of anilines is 1. The molecule has 2 aromatic carbocycles. The SMILES string of the molecule is COc1cccc2c(=O)n(CC(=O)Nc3ccc(Br)cc3)ccc12. The first-order valence-corrected chi connectivity index (χ1v) is 8.09. The number of nitrogens with zero attached hydrogens (tertiary/aromatic N) is 1. The van der Waals surface area contributed by atoms with Gasteiger partial charge in [0.25, 0.3) is 5.56 Å². The molecule has 6 heteroatoms. The van der Waals surface area contributed by atoms with Crippen molar-refractivity contribution in [3.63, 3.8) is 0 Å². The molecule has 0 bridgehead atoms. The summed E-state index contributed by atoms with van der Waals surface area (Å²) < 4.78 is 7.58. The van der Waals surface area contributed by atoms with Gasteiger partial charge in [-0.15, -0.1) is 0 Å². The predicted octanol–water partition coefficient (Wildman–Crippen LogP) is 3.41. The lowest BCUT2D eigenvalue weighted by atomic mass is 10.1. The molecule has 0 atom stereocenters. The fraction of sp³-hybridized carbons (Fsp3) is 0.111. The maximum absolute atomic E-state index is 12.6. The minimum absolute atomic E-state index is 0.0535. The monoisotopic (exact) mass is 386 g/mol. The minimum atomic E-state index is -0.262. The van der Waals surface area contributed by atoms with Gasteiger partial charge in [-0.2, -0.15) is 0 Å². The molecule has 122 valence electrons. The molecule has 3 aromatic rings. The molecular formula is C18H15BrN2O3. The number of aromatic nitrogens is 1. The van der Waals surface area contributed by atoms with Crippen molar-refractivity contribution in [3.8, 4) is 5.75 Å². The van der Waals surface area contributed by atoms with Crippen LogP contribution in [0.25, 0.3) is 10.8 Å². The van der Waals surface area contributed by atoms with Crippen molar-refractivity contribution < 1.29 is 9.53 Å². The Labute approximate surface area is 147 Å². The Morgan fingerprint density at radius 2 is 1.88 bits per heavy atom. The number of nitrogens with one attached hydrogen (secondary N) is 1. The second kappa shape index (κ2) is 6.88. The lowest BCUT2D eigenvalue weighted by Crippen LogP contribution is -2.27. The zero-order chi connectivity index (χ0) is 17.1. The summed E-state index contributed by atoms with van der Waals surface area (Å²) in [7, 11) is 1.56. The topological polar surface area (TPSA) is 60.3 Å². The van der Waals surface area contributed by atoms with Gasteiger partial charge >= 0.3 is 0 Å². The predicted molar refractivity (Wildman–Crippen MR) is 97.5 cm³/mol. The molecule has 1 aromatic heterocycles. The van der Waals surface area contributed by atoms with Gasteiger partial charge in [0.1, 0.15) is 12.3 Å². The van der Waals surface area contributed by atoms with E-state index in [0.717, 1.165) is 9.86 Å². The maximum atomic E-state index is 12.6. The number of hydrogen-bond donors (Lipinski definition) is 1. The molecule has 24 heavy (non-hydrogen) atoms. The molecule has 1 heterocycles. The van der Waals surface area contributed by atoms with Crippen LogP contribution < -0.4 is 15.6 Å². The Morgan fingerprint density at radius 1 is 1.12 bits per heavy atom. The minimum Gasteiger partial charge on any atom is -0.496 e. The molecule has 0 aliphatic rings. The van der Waals surface area contributed by atoms with Crippen LogP contribution in [0.5, 0.6) is 5.75 Å². The third-order valence-electron chi connectivity index (χ3n) is 3.64. The van der Waals surface area contributed by atoms with Crippen LogP contribution in [0.4, 0.5) is 5.69 Å². The number of carbonyl (C=O) groups excluding carboxylic acids is 1. The number of carbonyl (C=O) groups is 1. The van der Waals surface area contributed by atoms with E-state index in [4.69, 9.17) is 4.74 Å². The second-order valence-corrected chi connectivity index (χ2v) is 6.14. The number of ether oxygens (including phenoxy) is 1. The molecule has 0 aliphatic heterocycles. The summed E-state index contributed by atoms with van der Waals surface area (Å²) in [4.78, 5) is 24.7. The van der Waals surface area contributed by atoms with Crippen molar-refractivity contribution in [3.05, 3.63) is 69.6 Å². The van der Waals surface area contributed by atoms with Crippen LogP contribution in [0.2, 0.25) is 0 Å². The molecule has 0 saturated heterocycles. The van der Waals surface area contributed by atoms with Gasteiger partial charge in [0, 0.05) is 21.7 Å². The lowest BCUT2D eigenvalue weighted by molar-refractivity contribution is -0.116. The van der Waals surface area contributed by atoms with Gasteiger partial charge in [0.05, 0.1) is 12.5 Å². The summed E-state index contributed by atoms with van der Waals surface area (Å²) in [5, 5.41) is 4.02. The van der Waals surface area contributed by atoms with Crippen LogP contribution in [-0.2, 0) is 11.3 Å². The van der Waals surface area contributed by atoms with E-state index < -0.39 is 0 Å². The van der Waals surface area contributed by atoms with E-state index >= 15 is 0 Å². The maximum Gasteiger partial charge on any atom is 0.259 e. The average Bonchev–Trinajstić information content (AvgIpc) is 2.59. The lowest BCUT2D eigenvalue weighted by Gasteiger charge is -2.10. The Kier molecular flexibility index (Phi) is 4.66. The van der Waals surface area contributed by atoms with E-state index in [9.17, 15) is 9.59 Å². The Bertz CT molecular complexity index is 949. The molecular weight excluding hydrogens is 372 g/mol. The van der Waals surface area contributed by atoms with Crippen LogP contribution >= 0.6 is 15.9 Å². The number of halogens is 1. The first kappa shape index (κ1) is 16.3. The molecule has 0 spiro atoms. The van der Waals surface area contributed by atoms with E-state index in [1.54, 1.807) is 49.7 Å². The summed E-state index contributed by atoms with van der Waals surface area (Å²) in [5.74, 6) is 0.373. The van der Waals surface area contributed by atoms with Gasteiger partial charge in [-0.1, -0.05) is 22.0 Å². The smallest absolute Gasteiger partial charge is 0.259 e. The highest BCUT2D eigenvalue weighted by atomic mass is 79.9. The molecule has 0 radical (unpaired) electrons. The molecule has 1 N–H and O–H groups in total. The van der Waals surface area contributed by atoms with Crippen LogP contribution in [0.15, 0.2) is 64.0 Å². The zero-order valence-corrected chi connectivity index (χ0v) is 14.5. The third-order valence-corrected chi connectivity index (χ3v) is 4.17. The zero-order valence-electron chi connectivity index (χ0n) is 13.0. The number of rotatable bonds is 4. The van der Waals surface area contributed by atoms with E-state index in [1.807, 2.05) is 12.1 Å². The Morgan fingerprint density at radius 3 is 2.58 bits per heavy atom. The Hall–Kier alpha value is -2.60. The van der Waals surface area contributed by atoms with Crippen LogP contribution in [-0.4, -0.2) is 17.6 Å². The normalized spacial score (nSPS) is 10.6. The van der Waals surface area contributed by atoms with Gasteiger partial charge in [-0.25, -0.2) is 0 Å². The van der Waals surface area contributed by atoms with Crippen LogP contribution in [0.3, 0.4) is 0 Å². The molecule has 0 saturated carbocycles. The van der Waals surface area contributed by atoms with Crippen molar-refractivity contribution in [2.24, 2.45) is 0 Å². The molecule has 0 unspecified atom stereocenters. The summed E-state index contributed by atoms with van der Waals surface area (Å²) in [5.41, 5.74) is 0.455. The molecule has 0 aliphatic carbocycles. The second-order valence-electron chi connectivity index (χ2n) is 5.23. The summed E-state index contributed by atoms with van der Waals surface area (Å²) in [6.07, 6.45) is 1.61. The fourth-order valence-corrected chi connectivity index (χ4v) is 2.74. The highest BCUT2D eigenvalue weighted by Gasteiger charge is 2.10. The Balaban J connectivity index is 1.85. The highest BCUT2D eigenvalue weighted by Crippen LogP contribution is 2.22. The number of pyridine rings is 1. The quantitative estimate of drug-likeness (QED) is 0.747. The van der Waals surface area contributed by atoms with Crippen molar-refractivity contribution >= 4 is 38.3 Å². The van der Waals surface area contributed by atoms with Gasteiger partial charge in [-0.05, 0) is 42.5 Å². The molecule has 0 fully saturated rings. The van der Waals surface area contributed by atoms with E-state index in [1.165, 1.54) is 4.57 Å². The van der Waals surface area contributed by atoms with Gasteiger partial charge < -0.3 is 14.6 Å². The van der Waals surface area contributed by atoms with E-state index in [2.05, 4.69) is 21.2 Å². The van der Waals surface area contributed by atoms with E-state index in [0.29, 0.717) is 16.8 Å². The molecule has 3 rings (SSSR count). The number of benzene rings is 2. The number of amides is 1. The highest BCUT2D eigenvalue weighted by molar-refractivity contribution is 9.10. The van der Waals surface area contributed by atoms with Gasteiger partial charge in [0.15, 0.2) is 0 Å². The largest absolute Gasteiger partial charge is 0.496 e. The van der Waals surface area contributed by atoms with Crippen molar-refractivity contribution in [1.82, 2.24) is 4.57 Å². The molecule has 5 nitrogen and oxygen atoms in total. The summed E-state index contributed by atoms with van der Waals surface area (Å²) in [6, 6.07) is 14.3. The van der Waals surface area contributed by atoms with Gasteiger partial charge in [-0.3, -0.25) is 9.59 Å². The van der Waals surface area contributed by atoms with Crippen molar-refractivity contribution in [2.75, 3.05) is 12.4 Å². The van der Waals surface area contributed by atoms with Crippen molar-refractivity contribution in [2.45, 2.75) is 6.54 Å². The number of fused-ring (bicyclic) bond motifs is 1. The first-order chi connectivity index (χ1) is 11.6. The van der Waals surface area contributed by atoms with E-state index in [-0.39, 0.29) is 18.0 Å². The molecule has 1 amide bonds. The fourth-order valence-electron chi connectivity index (χ4n) is 2.48. The van der Waals surface area contributed by atoms with Crippen LogP contribution in [0.1, 0.15) is 0 Å². The summed E-state index contributed by atoms with van der Waals surface area (Å²) in [6.45, 7) is -0.0535. The average molecular weight is 387 g/mol. The summed E-state index contributed by atoms with van der Waals surface area (Å²) >= 11 is 3.34.